The first-order valence-corrected chi connectivity index (χ1v) is 11.4. The van der Waals surface area contributed by atoms with Crippen LogP contribution in [-0.4, -0.2) is 44.9 Å². The van der Waals surface area contributed by atoms with Crippen LogP contribution in [0.1, 0.15) is 22.8 Å². The average molecular weight is 425 g/mol. The van der Waals surface area contributed by atoms with Crippen molar-refractivity contribution >= 4 is 32.4 Å². The molecule has 1 heterocycles. The van der Waals surface area contributed by atoms with Crippen molar-refractivity contribution in [3.63, 3.8) is 0 Å². The molecule has 1 N–H and O–H groups in total. The molecule has 7 heteroatoms. The standard InChI is InChI=1S/C23H24N2O4S/c1-2-17-10-11-19(16-22(17)30(27,28)25-12-14-29-15-13-25)23(26)24-21-9-5-7-18-6-3-4-8-20(18)21/h3-11,16H,2,12-15H2,1H3,(H,24,26). The van der Waals surface area contributed by atoms with E-state index >= 15 is 0 Å². The van der Waals surface area contributed by atoms with Gasteiger partial charge in [0.15, 0.2) is 0 Å². The summed E-state index contributed by atoms with van der Waals surface area (Å²) < 4.78 is 33.1. The van der Waals surface area contributed by atoms with Gasteiger partial charge in [-0.05, 0) is 35.6 Å². The predicted octanol–water partition coefficient (Wildman–Crippen LogP) is 3.68. The van der Waals surface area contributed by atoms with Gasteiger partial charge in [0.25, 0.3) is 5.91 Å². The minimum Gasteiger partial charge on any atom is -0.379 e. The van der Waals surface area contributed by atoms with E-state index in [-0.39, 0.29) is 10.8 Å². The van der Waals surface area contributed by atoms with E-state index in [9.17, 15) is 13.2 Å². The van der Waals surface area contributed by atoms with E-state index < -0.39 is 10.0 Å². The van der Waals surface area contributed by atoms with Crippen LogP contribution in [0.25, 0.3) is 10.8 Å². The first-order valence-electron chi connectivity index (χ1n) is 10.0. The Morgan fingerprint density at radius 1 is 1.03 bits per heavy atom. The van der Waals surface area contributed by atoms with Crippen LogP contribution in [0.3, 0.4) is 0 Å². The zero-order valence-corrected chi connectivity index (χ0v) is 17.6. The zero-order chi connectivity index (χ0) is 21.1. The van der Waals surface area contributed by atoms with Crippen LogP contribution in [0, 0.1) is 0 Å². The lowest BCUT2D eigenvalue weighted by atomic mass is 10.1. The molecule has 30 heavy (non-hydrogen) atoms. The molecule has 0 aliphatic carbocycles. The number of carbonyl (C=O) groups is 1. The maximum absolute atomic E-state index is 13.2. The number of anilines is 1. The maximum Gasteiger partial charge on any atom is 0.255 e. The predicted molar refractivity (Wildman–Crippen MR) is 117 cm³/mol. The minimum absolute atomic E-state index is 0.192. The van der Waals surface area contributed by atoms with Crippen LogP contribution in [-0.2, 0) is 21.2 Å². The van der Waals surface area contributed by atoms with Gasteiger partial charge < -0.3 is 10.1 Å². The summed E-state index contributed by atoms with van der Waals surface area (Å²) in [5, 5.41) is 4.88. The molecule has 156 valence electrons. The smallest absolute Gasteiger partial charge is 0.255 e. The number of amides is 1. The molecule has 1 saturated heterocycles. The van der Waals surface area contributed by atoms with Gasteiger partial charge in [-0.15, -0.1) is 0 Å². The summed E-state index contributed by atoms with van der Waals surface area (Å²) in [4.78, 5) is 13.2. The first-order chi connectivity index (χ1) is 14.5. The third-order valence-corrected chi connectivity index (χ3v) is 7.32. The molecule has 0 bridgehead atoms. The number of fused-ring (bicyclic) bond motifs is 1. The normalized spacial score (nSPS) is 15.2. The second-order valence-electron chi connectivity index (χ2n) is 7.17. The van der Waals surface area contributed by atoms with E-state index in [2.05, 4.69) is 5.32 Å². The van der Waals surface area contributed by atoms with Crippen molar-refractivity contribution in [2.24, 2.45) is 0 Å². The maximum atomic E-state index is 13.2. The fraction of sp³-hybridized carbons (Fsp3) is 0.261. The Hall–Kier alpha value is -2.74. The van der Waals surface area contributed by atoms with Gasteiger partial charge in [-0.25, -0.2) is 8.42 Å². The van der Waals surface area contributed by atoms with E-state index in [1.807, 2.05) is 49.4 Å². The van der Waals surface area contributed by atoms with E-state index in [0.29, 0.717) is 49.5 Å². The SMILES string of the molecule is CCc1ccc(C(=O)Nc2cccc3ccccc23)cc1S(=O)(=O)N1CCOCC1. The van der Waals surface area contributed by atoms with Crippen LogP contribution in [0.15, 0.2) is 65.6 Å². The average Bonchev–Trinajstić information content (AvgIpc) is 2.79. The van der Waals surface area contributed by atoms with Gasteiger partial charge in [-0.2, -0.15) is 4.31 Å². The Kier molecular flexibility index (Phi) is 5.85. The fourth-order valence-electron chi connectivity index (χ4n) is 3.68. The summed E-state index contributed by atoms with van der Waals surface area (Å²) in [5.74, 6) is -0.340. The Morgan fingerprint density at radius 3 is 2.53 bits per heavy atom. The highest BCUT2D eigenvalue weighted by Gasteiger charge is 2.29. The lowest BCUT2D eigenvalue weighted by molar-refractivity contribution is 0.0730. The van der Waals surface area contributed by atoms with Crippen molar-refractivity contribution in [3.8, 4) is 0 Å². The number of morpholine rings is 1. The number of sulfonamides is 1. The van der Waals surface area contributed by atoms with Gasteiger partial charge in [0.1, 0.15) is 0 Å². The molecular weight excluding hydrogens is 400 g/mol. The molecule has 1 amide bonds. The molecule has 0 aromatic heterocycles. The summed E-state index contributed by atoms with van der Waals surface area (Å²) in [7, 11) is -3.70. The van der Waals surface area contributed by atoms with E-state index in [1.165, 1.54) is 10.4 Å². The molecule has 3 aromatic carbocycles. The molecule has 1 aliphatic heterocycles. The van der Waals surface area contributed by atoms with Gasteiger partial charge in [-0.3, -0.25) is 4.79 Å². The number of hydrogen-bond acceptors (Lipinski definition) is 4. The molecule has 3 aromatic rings. The van der Waals surface area contributed by atoms with E-state index in [0.717, 1.165) is 10.8 Å². The van der Waals surface area contributed by atoms with Crippen molar-refractivity contribution in [1.29, 1.82) is 0 Å². The number of benzene rings is 3. The molecule has 4 rings (SSSR count). The highest BCUT2D eigenvalue weighted by Crippen LogP contribution is 2.26. The lowest BCUT2D eigenvalue weighted by Crippen LogP contribution is -2.41. The van der Waals surface area contributed by atoms with Gasteiger partial charge in [-0.1, -0.05) is 49.4 Å². The number of ether oxygens (including phenoxy) is 1. The van der Waals surface area contributed by atoms with Crippen molar-refractivity contribution in [1.82, 2.24) is 4.31 Å². The zero-order valence-electron chi connectivity index (χ0n) is 16.8. The van der Waals surface area contributed by atoms with Gasteiger partial charge >= 0.3 is 0 Å². The Labute approximate surface area is 176 Å². The summed E-state index contributed by atoms with van der Waals surface area (Å²) in [6.07, 6.45) is 0.560. The molecule has 0 unspecified atom stereocenters. The Balaban J connectivity index is 1.68. The highest BCUT2D eigenvalue weighted by atomic mass is 32.2. The first kappa shape index (κ1) is 20.5. The van der Waals surface area contributed by atoms with Crippen molar-refractivity contribution in [3.05, 3.63) is 71.8 Å². The summed E-state index contributed by atoms with van der Waals surface area (Å²) in [5.41, 5.74) is 1.70. The molecule has 0 radical (unpaired) electrons. The number of aryl methyl sites for hydroxylation is 1. The summed E-state index contributed by atoms with van der Waals surface area (Å²) >= 11 is 0. The van der Waals surface area contributed by atoms with E-state index in [4.69, 9.17) is 4.74 Å². The highest BCUT2D eigenvalue weighted by molar-refractivity contribution is 7.89. The van der Waals surface area contributed by atoms with Crippen molar-refractivity contribution in [2.45, 2.75) is 18.2 Å². The Morgan fingerprint density at radius 2 is 1.77 bits per heavy atom. The third-order valence-electron chi connectivity index (χ3n) is 5.34. The number of carbonyl (C=O) groups excluding carboxylic acids is 1. The topological polar surface area (TPSA) is 75.7 Å². The molecule has 1 fully saturated rings. The van der Waals surface area contributed by atoms with Crippen LogP contribution in [0.5, 0.6) is 0 Å². The fourth-order valence-corrected chi connectivity index (χ4v) is 5.41. The molecular formula is C23H24N2O4S. The number of nitrogens with zero attached hydrogens (tertiary/aromatic N) is 1. The second kappa shape index (κ2) is 8.55. The van der Waals surface area contributed by atoms with Crippen LogP contribution < -0.4 is 5.32 Å². The molecule has 6 nitrogen and oxygen atoms in total. The molecule has 1 aliphatic rings. The monoisotopic (exact) mass is 424 g/mol. The van der Waals surface area contributed by atoms with Crippen LogP contribution >= 0.6 is 0 Å². The molecule has 0 atom stereocenters. The van der Waals surface area contributed by atoms with Crippen LogP contribution in [0.4, 0.5) is 5.69 Å². The lowest BCUT2D eigenvalue weighted by Gasteiger charge is -2.27. The number of hydrogen-bond donors (Lipinski definition) is 1. The van der Waals surface area contributed by atoms with E-state index in [1.54, 1.807) is 12.1 Å². The minimum atomic E-state index is -3.70. The van der Waals surface area contributed by atoms with Gasteiger partial charge in [0.05, 0.1) is 18.1 Å². The third kappa shape index (κ3) is 3.96. The molecule has 0 saturated carbocycles. The summed E-state index contributed by atoms with van der Waals surface area (Å²) in [6.45, 7) is 3.29. The largest absolute Gasteiger partial charge is 0.379 e. The van der Waals surface area contributed by atoms with Crippen LogP contribution in [0.2, 0.25) is 0 Å². The summed E-state index contributed by atoms with van der Waals surface area (Å²) in [6, 6.07) is 18.4. The number of rotatable bonds is 5. The second-order valence-corrected chi connectivity index (χ2v) is 9.08. The van der Waals surface area contributed by atoms with Crippen molar-refractivity contribution < 1.29 is 17.9 Å². The number of nitrogens with one attached hydrogen (secondary N) is 1. The van der Waals surface area contributed by atoms with Crippen molar-refractivity contribution in [2.75, 3.05) is 31.6 Å². The molecule has 0 spiro atoms. The van der Waals surface area contributed by atoms with Gasteiger partial charge in [0.2, 0.25) is 10.0 Å². The van der Waals surface area contributed by atoms with Gasteiger partial charge in [0, 0.05) is 29.7 Å². The Bertz CT molecular complexity index is 1180. The quantitative estimate of drug-likeness (QED) is 0.678.